The highest BCUT2D eigenvalue weighted by Crippen LogP contribution is 2.22. The van der Waals surface area contributed by atoms with Gasteiger partial charge >= 0.3 is 11.9 Å². The number of methoxy groups -OCH3 is 1. The maximum Gasteiger partial charge on any atom is 0.363 e. The second-order valence-corrected chi connectivity index (χ2v) is 5.41. The summed E-state index contributed by atoms with van der Waals surface area (Å²) >= 11 is 0. The summed E-state index contributed by atoms with van der Waals surface area (Å²) in [6.07, 6.45) is -0.513. The monoisotopic (exact) mass is 350 g/mol. The molecule has 0 spiro atoms. The third-order valence-corrected chi connectivity index (χ3v) is 3.72. The number of likely N-dealkylation sites (N-methyl/N-ethyl adjacent to an activating group) is 1. The summed E-state index contributed by atoms with van der Waals surface area (Å²) in [5.74, 6) is -1.76. The van der Waals surface area contributed by atoms with E-state index in [4.69, 9.17) is 14.3 Å². The molecular weight excluding hydrogens is 328 g/mol. The van der Waals surface area contributed by atoms with E-state index in [0.717, 1.165) is 5.56 Å². The van der Waals surface area contributed by atoms with E-state index >= 15 is 0 Å². The van der Waals surface area contributed by atoms with E-state index in [9.17, 15) is 14.7 Å². The average Bonchev–Trinajstić information content (AvgIpc) is 2.88. The van der Waals surface area contributed by atoms with Gasteiger partial charge in [0.05, 0.1) is 13.7 Å². The number of hydroxylamine groups is 2. The molecular formula is C17H22N2O6. The molecule has 1 aliphatic rings. The first-order valence-electron chi connectivity index (χ1n) is 7.86. The predicted octanol–water partition coefficient (Wildman–Crippen LogP) is 0.896. The van der Waals surface area contributed by atoms with E-state index in [1.807, 2.05) is 30.3 Å². The third-order valence-electron chi connectivity index (χ3n) is 3.72. The molecule has 0 saturated carbocycles. The lowest BCUT2D eigenvalue weighted by molar-refractivity contribution is -0.170. The molecule has 0 radical (unpaired) electrons. The summed E-state index contributed by atoms with van der Waals surface area (Å²) in [6, 6.07) is 8.62. The fourth-order valence-electron chi connectivity index (χ4n) is 2.53. The Morgan fingerprint density at radius 3 is 2.68 bits per heavy atom. The number of hydrogen-bond acceptors (Lipinski definition) is 8. The lowest BCUT2D eigenvalue weighted by Gasteiger charge is -2.24. The zero-order valence-corrected chi connectivity index (χ0v) is 14.4. The fourth-order valence-corrected chi connectivity index (χ4v) is 2.53. The number of nitrogens with zero attached hydrogens (tertiary/aromatic N) is 1. The summed E-state index contributed by atoms with van der Waals surface area (Å²) < 4.78 is 9.86. The molecule has 25 heavy (non-hydrogen) atoms. The number of benzene rings is 1. The summed E-state index contributed by atoms with van der Waals surface area (Å²) in [5, 5.41) is 14.2. The molecule has 1 heterocycles. The van der Waals surface area contributed by atoms with Crippen molar-refractivity contribution in [2.45, 2.75) is 25.6 Å². The van der Waals surface area contributed by atoms with Crippen molar-refractivity contribution < 1.29 is 29.0 Å². The normalized spacial score (nSPS) is 20.8. The second kappa shape index (κ2) is 8.50. The summed E-state index contributed by atoms with van der Waals surface area (Å²) in [4.78, 5) is 29.1. The molecule has 1 saturated heterocycles. The second-order valence-electron chi connectivity index (χ2n) is 5.41. The van der Waals surface area contributed by atoms with Crippen LogP contribution in [0.25, 0.3) is 0 Å². The van der Waals surface area contributed by atoms with Crippen molar-refractivity contribution in [1.29, 1.82) is 0 Å². The molecule has 1 aromatic rings. The molecule has 8 heteroatoms. The maximum atomic E-state index is 12.2. The number of esters is 1. The molecule has 2 atom stereocenters. The number of carbonyl (C=O) groups excluding carboxylic acids is 2. The van der Waals surface area contributed by atoms with Crippen LogP contribution in [-0.4, -0.2) is 55.1 Å². The van der Waals surface area contributed by atoms with Crippen LogP contribution in [0.3, 0.4) is 0 Å². The Morgan fingerprint density at radius 2 is 2.08 bits per heavy atom. The predicted molar refractivity (Wildman–Crippen MR) is 88.0 cm³/mol. The Kier molecular flexibility index (Phi) is 6.37. The van der Waals surface area contributed by atoms with E-state index in [2.05, 4.69) is 5.32 Å². The Labute approximate surface area is 145 Å². The van der Waals surface area contributed by atoms with Crippen molar-refractivity contribution in [2.24, 2.45) is 0 Å². The van der Waals surface area contributed by atoms with E-state index < -0.39 is 30.1 Å². The molecule has 8 nitrogen and oxygen atoms in total. The van der Waals surface area contributed by atoms with E-state index in [1.54, 1.807) is 6.92 Å². The fraction of sp³-hybridized carbons (Fsp3) is 0.412. The first-order valence-corrected chi connectivity index (χ1v) is 7.86. The molecule has 1 fully saturated rings. The van der Waals surface area contributed by atoms with E-state index in [1.165, 1.54) is 19.2 Å². The molecule has 0 bridgehead atoms. The molecule has 2 rings (SSSR count). The number of aliphatic hydroxyl groups is 1. The molecule has 1 aliphatic heterocycles. The zero-order valence-electron chi connectivity index (χ0n) is 14.4. The Bertz CT molecular complexity index is 646. The van der Waals surface area contributed by atoms with Gasteiger partial charge < -0.3 is 19.4 Å². The van der Waals surface area contributed by atoms with Crippen LogP contribution in [0.2, 0.25) is 0 Å². The Morgan fingerprint density at radius 1 is 1.40 bits per heavy atom. The number of rotatable bonds is 7. The van der Waals surface area contributed by atoms with Crippen molar-refractivity contribution in [3.05, 3.63) is 47.4 Å². The van der Waals surface area contributed by atoms with Gasteiger partial charge in [-0.2, -0.15) is 0 Å². The maximum absolute atomic E-state index is 12.2. The van der Waals surface area contributed by atoms with Crippen molar-refractivity contribution in [3.63, 3.8) is 0 Å². The van der Waals surface area contributed by atoms with Crippen LogP contribution in [-0.2, 0) is 30.3 Å². The third kappa shape index (κ3) is 4.49. The van der Waals surface area contributed by atoms with Gasteiger partial charge in [-0.25, -0.2) is 4.79 Å². The standard InChI is InChI=1S/C17H22N2O6/c1-4-24-16(21)13-14(19(2)25-17(13)22)18-12(15(20)23-3)10-11-8-6-5-7-9-11/h5-9,12,14,18,21H,4,10H2,1-3H3/b16-13+. The van der Waals surface area contributed by atoms with Gasteiger partial charge in [-0.1, -0.05) is 30.3 Å². The summed E-state index contributed by atoms with van der Waals surface area (Å²) in [5.41, 5.74) is 0.823. The molecule has 2 unspecified atom stereocenters. The van der Waals surface area contributed by atoms with Crippen LogP contribution in [0.4, 0.5) is 0 Å². The van der Waals surface area contributed by atoms with Crippen LogP contribution < -0.4 is 5.32 Å². The van der Waals surface area contributed by atoms with Crippen molar-refractivity contribution in [2.75, 3.05) is 20.8 Å². The zero-order chi connectivity index (χ0) is 18.4. The van der Waals surface area contributed by atoms with Gasteiger partial charge in [0.25, 0.3) is 5.95 Å². The average molecular weight is 350 g/mol. The van der Waals surface area contributed by atoms with E-state index in [0.29, 0.717) is 6.42 Å². The van der Waals surface area contributed by atoms with Gasteiger partial charge in [0.2, 0.25) is 0 Å². The van der Waals surface area contributed by atoms with Gasteiger partial charge in [-0.3, -0.25) is 10.1 Å². The van der Waals surface area contributed by atoms with Gasteiger partial charge in [-0.15, -0.1) is 5.06 Å². The number of aliphatic hydroxyl groups excluding tert-OH is 1. The van der Waals surface area contributed by atoms with Crippen molar-refractivity contribution in [1.82, 2.24) is 10.4 Å². The van der Waals surface area contributed by atoms with Gasteiger partial charge in [0.1, 0.15) is 12.2 Å². The van der Waals surface area contributed by atoms with Crippen LogP contribution in [0.15, 0.2) is 41.9 Å². The Hall–Kier alpha value is -2.58. The summed E-state index contributed by atoms with van der Waals surface area (Å²) in [6.45, 7) is 1.86. The highest BCUT2D eigenvalue weighted by Gasteiger charge is 2.42. The van der Waals surface area contributed by atoms with Crippen LogP contribution >= 0.6 is 0 Å². The molecule has 136 valence electrons. The molecule has 0 aromatic heterocycles. The van der Waals surface area contributed by atoms with Gasteiger partial charge in [0, 0.05) is 7.05 Å². The first kappa shape index (κ1) is 18.8. The number of nitrogens with one attached hydrogen (secondary N) is 1. The van der Waals surface area contributed by atoms with Gasteiger partial charge in [0.15, 0.2) is 5.57 Å². The smallest absolute Gasteiger partial charge is 0.363 e. The number of ether oxygens (including phenoxy) is 2. The largest absolute Gasteiger partial charge is 0.481 e. The Balaban J connectivity index is 2.25. The minimum absolute atomic E-state index is 0.0914. The molecule has 1 aromatic carbocycles. The van der Waals surface area contributed by atoms with Crippen molar-refractivity contribution in [3.8, 4) is 0 Å². The lowest BCUT2D eigenvalue weighted by Crippen LogP contribution is -2.50. The first-order chi connectivity index (χ1) is 12.0. The quantitative estimate of drug-likeness (QED) is 0.425. The molecule has 2 N–H and O–H groups in total. The number of carbonyl (C=O) groups is 2. The highest BCUT2D eigenvalue weighted by molar-refractivity contribution is 5.91. The minimum atomic E-state index is -0.855. The lowest BCUT2D eigenvalue weighted by atomic mass is 10.0. The molecule has 0 aliphatic carbocycles. The topological polar surface area (TPSA) is 97.3 Å². The number of hydrogen-bond donors (Lipinski definition) is 2. The van der Waals surface area contributed by atoms with Crippen LogP contribution in [0.1, 0.15) is 12.5 Å². The van der Waals surface area contributed by atoms with Crippen molar-refractivity contribution >= 4 is 11.9 Å². The highest BCUT2D eigenvalue weighted by atomic mass is 16.7. The van der Waals surface area contributed by atoms with E-state index in [-0.39, 0.29) is 12.2 Å². The molecule has 0 amide bonds. The SMILES string of the molecule is CCO/C(O)=C1/C(=O)ON(C)C1NC(Cc1ccccc1)C(=O)OC. The minimum Gasteiger partial charge on any atom is -0.481 e. The van der Waals surface area contributed by atoms with Gasteiger partial charge in [-0.05, 0) is 18.9 Å². The summed E-state index contributed by atoms with van der Waals surface area (Å²) in [7, 11) is 2.80. The van der Waals surface area contributed by atoms with Crippen LogP contribution in [0.5, 0.6) is 0 Å². The van der Waals surface area contributed by atoms with Crippen LogP contribution in [0, 0.1) is 0 Å².